The van der Waals surface area contributed by atoms with Gasteiger partial charge in [0.15, 0.2) is 0 Å². The molecule has 8 nitrogen and oxygen atoms in total. The monoisotopic (exact) mass is 416 g/mol. The third kappa shape index (κ3) is 3.70. The first-order chi connectivity index (χ1) is 15.2. The van der Waals surface area contributed by atoms with E-state index in [0.717, 1.165) is 29.4 Å². The number of ether oxygens (including phenoxy) is 1. The van der Waals surface area contributed by atoms with Crippen LogP contribution < -0.4 is 10.2 Å². The van der Waals surface area contributed by atoms with Gasteiger partial charge in [0.1, 0.15) is 18.0 Å². The summed E-state index contributed by atoms with van der Waals surface area (Å²) in [6.07, 6.45) is 7.65. The second-order valence-corrected chi connectivity index (χ2v) is 7.68. The summed E-state index contributed by atoms with van der Waals surface area (Å²) in [6, 6.07) is 7.90. The SMILES string of the molecule is C=CC(=O)N1CCOCC1c1ccc(N2CCC2)c2cnc(Nc3ccncn3)cc12. The summed E-state index contributed by atoms with van der Waals surface area (Å²) in [5.74, 6) is 1.28. The van der Waals surface area contributed by atoms with Crippen LogP contribution in [0, 0.1) is 0 Å². The number of benzene rings is 1. The average Bonchev–Trinajstić information content (AvgIpc) is 2.78. The fourth-order valence-electron chi connectivity index (χ4n) is 4.18. The Morgan fingerprint density at radius 2 is 2.06 bits per heavy atom. The normalized spacial score (nSPS) is 18.5. The number of rotatable bonds is 5. The highest BCUT2D eigenvalue weighted by Gasteiger charge is 2.30. The fraction of sp³-hybridized carbons (Fsp3) is 0.304. The summed E-state index contributed by atoms with van der Waals surface area (Å²) in [6.45, 7) is 7.29. The zero-order valence-corrected chi connectivity index (χ0v) is 17.2. The van der Waals surface area contributed by atoms with Gasteiger partial charge in [0.25, 0.3) is 0 Å². The second-order valence-electron chi connectivity index (χ2n) is 7.68. The smallest absolute Gasteiger partial charge is 0.246 e. The minimum Gasteiger partial charge on any atom is -0.377 e. The highest BCUT2D eigenvalue weighted by Crippen LogP contribution is 2.37. The molecule has 0 bridgehead atoms. The molecule has 0 aliphatic carbocycles. The van der Waals surface area contributed by atoms with Crippen molar-refractivity contribution in [1.82, 2.24) is 19.9 Å². The number of amides is 1. The molecule has 4 heterocycles. The maximum Gasteiger partial charge on any atom is 0.246 e. The Bertz CT molecular complexity index is 1120. The van der Waals surface area contributed by atoms with Gasteiger partial charge in [0, 0.05) is 43.1 Å². The van der Waals surface area contributed by atoms with Crippen LogP contribution in [0.25, 0.3) is 10.8 Å². The van der Waals surface area contributed by atoms with Crippen molar-refractivity contribution >= 4 is 34.0 Å². The molecule has 0 spiro atoms. The number of fused-ring (bicyclic) bond motifs is 1. The van der Waals surface area contributed by atoms with Crippen LogP contribution in [0.15, 0.2) is 55.6 Å². The minimum absolute atomic E-state index is 0.0818. The molecule has 158 valence electrons. The van der Waals surface area contributed by atoms with Gasteiger partial charge in [-0.25, -0.2) is 15.0 Å². The van der Waals surface area contributed by atoms with E-state index in [-0.39, 0.29) is 11.9 Å². The molecule has 1 amide bonds. The van der Waals surface area contributed by atoms with E-state index in [0.29, 0.717) is 31.4 Å². The van der Waals surface area contributed by atoms with Crippen molar-refractivity contribution in [3.05, 3.63) is 61.2 Å². The van der Waals surface area contributed by atoms with Gasteiger partial charge in [0.2, 0.25) is 5.91 Å². The lowest BCUT2D eigenvalue weighted by molar-refractivity contribution is -0.134. The van der Waals surface area contributed by atoms with Crippen LogP contribution in [-0.2, 0) is 9.53 Å². The number of morpholine rings is 1. The molecule has 2 fully saturated rings. The van der Waals surface area contributed by atoms with E-state index in [1.54, 1.807) is 12.3 Å². The molecule has 1 aromatic carbocycles. The summed E-state index contributed by atoms with van der Waals surface area (Å²) >= 11 is 0. The van der Waals surface area contributed by atoms with Crippen LogP contribution in [0.5, 0.6) is 0 Å². The zero-order chi connectivity index (χ0) is 21.2. The van der Waals surface area contributed by atoms with Crippen molar-refractivity contribution in [2.75, 3.05) is 43.1 Å². The summed E-state index contributed by atoms with van der Waals surface area (Å²) in [7, 11) is 0. The molecule has 5 rings (SSSR count). The average molecular weight is 416 g/mol. The highest BCUT2D eigenvalue weighted by atomic mass is 16.5. The third-order valence-corrected chi connectivity index (χ3v) is 5.89. The quantitative estimate of drug-likeness (QED) is 0.640. The van der Waals surface area contributed by atoms with Crippen LogP contribution in [0.1, 0.15) is 18.0 Å². The van der Waals surface area contributed by atoms with Gasteiger partial charge in [-0.05, 0) is 41.6 Å². The lowest BCUT2D eigenvalue weighted by atomic mass is 9.96. The Hall–Kier alpha value is -3.52. The van der Waals surface area contributed by atoms with E-state index in [1.807, 2.05) is 17.2 Å². The first-order valence-electron chi connectivity index (χ1n) is 10.5. The van der Waals surface area contributed by atoms with E-state index >= 15 is 0 Å². The molecule has 2 aliphatic heterocycles. The zero-order valence-electron chi connectivity index (χ0n) is 17.2. The van der Waals surface area contributed by atoms with Crippen molar-refractivity contribution in [3.8, 4) is 0 Å². The molecule has 2 aliphatic rings. The minimum atomic E-state index is -0.179. The number of aromatic nitrogens is 3. The van der Waals surface area contributed by atoms with Crippen molar-refractivity contribution in [2.24, 2.45) is 0 Å². The fourth-order valence-corrected chi connectivity index (χ4v) is 4.18. The molecule has 1 atom stereocenters. The predicted molar refractivity (Wildman–Crippen MR) is 119 cm³/mol. The maximum absolute atomic E-state index is 12.5. The third-order valence-electron chi connectivity index (χ3n) is 5.89. The van der Waals surface area contributed by atoms with Gasteiger partial charge in [-0.15, -0.1) is 0 Å². The Labute approximate surface area is 180 Å². The number of carbonyl (C=O) groups is 1. The molecule has 1 N–H and O–H groups in total. The van der Waals surface area contributed by atoms with Gasteiger partial charge >= 0.3 is 0 Å². The highest BCUT2D eigenvalue weighted by molar-refractivity contribution is 5.98. The molecule has 2 aromatic heterocycles. The largest absolute Gasteiger partial charge is 0.377 e. The standard InChI is InChI=1S/C23H24N6O2/c1-2-23(30)29-10-11-31-14-20(29)16-4-5-19(28-8-3-9-28)18-13-25-22(12-17(16)18)27-21-6-7-24-15-26-21/h2,4-7,12-13,15,20H,1,3,8-11,14H2,(H,24,25,26,27). The maximum atomic E-state index is 12.5. The lowest BCUT2D eigenvalue weighted by Gasteiger charge is -2.37. The number of anilines is 3. The summed E-state index contributed by atoms with van der Waals surface area (Å²) in [5.41, 5.74) is 2.21. The first kappa shape index (κ1) is 19.4. The van der Waals surface area contributed by atoms with Gasteiger partial charge in [-0.2, -0.15) is 0 Å². The molecule has 8 heteroatoms. The molecule has 31 heavy (non-hydrogen) atoms. The van der Waals surface area contributed by atoms with Gasteiger partial charge in [0.05, 0.1) is 19.3 Å². The number of carbonyl (C=O) groups excluding carboxylic acids is 1. The number of hydrogen-bond acceptors (Lipinski definition) is 7. The molecular weight excluding hydrogens is 392 g/mol. The first-order valence-corrected chi connectivity index (χ1v) is 10.5. The van der Waals surface area contributed by atoms with Gasteiger partial charge in [-0.3, -0.25) is 4.79 Å². The number of pyridine rings is 1. The summed E-state index contributed by atoms with van der Waals surface area (Å²) in [4.78, 5) is 29.5. The molecule has 0 saturated carbocycles. The van der Waals surface area contributed by atoms with Crippen LogP contribution in [0.3, 0.4) is 0 Å². The van der Waals surface area contributed by atoms with Crippen LogP contribution in [-0.4, -0.2) is 58.6 Å². The lowest BCUT2D eigenvalue weighted by Crippen LogP contribution is -2.42. The molecule has 1 unspecified atom stereocenters. The molecule has 2 saturated heterocycles. The molecule has 0 radical (unpaired) electrons. The predicted octanol–water partition coefficient (Wildman–Crippen LogP) is 3.06. The number of nitrogens with zero attached hydrogens (tertiary/aromatic N) is 5. The number of hydrogen-bond donors (Lipinski definition) is 1. The van der Waals surface area contributed by atoms with Crippen molar-refractivity contribution in [1.29, 1.82) is 0 Å². The number of nitrogens with one attached hydrogen (secondary N) is 1. The van der Waals surface area contributed by atoms with Crippen molar-refractivity contribution in [2.45, 2.75) is 12.5 Å². The van der Waals surface area contributed by atoms with Gasteiger partial charge < -0.3 is 19.9 Å². The Morgan fingerprint density at radius 3 is 2.81 bits per heavy atom. The van der Waals surface area contributed by atoms with Crippen molar-refractivity contribution < 1.29 is 9.53 Å². The molecule has 3 aromatic rings. The van der Waals surface area contributed by atoms with Gasteiger partial charge in [-0.1, -0.05) is 12.6 Å². The molecular formula is C23H24N6O2. The van der Waals surface area contributed by atoms with Crippen LogP contribution in [0.4, 0.5) is 17.3 Å². The summed E-state index contributed by atoms with van der Waals surface area (Å²) in [5, 5.41) is 5.36. The van der Waals surface area contributed by atoms with Crippen LogP contribution in [0.2, 0.25) is 0 Å². The van der Waals surface area contributed by atoms with E-state index in [2.05, 4.69) is 43.9 Å². The Morgan fingerprint density at radius 1 is 1.16 bits per heavy atom. The topological polar surface area (TPSA) is 83.5 Å². The van der Waals surface area contributed by atoms with E-state index < -0.39 is 0 Å². The Kier molecular flexibility index (Phi) is 5.21. The Balaban J connectivity index is 1.61. The van der Waals surface area contributed by atoms with E-state index in [9.17, 15) is 4.79 Å². The van der Waals surface area contributed by atoms with E-state index in [4.69, 9.17) is 4.74 Å². The van der Waals surface area contributed by atoms with Crippen LogP contribution >= 0.6 is 0 Å². The summed E-state index contributed by atoms with van der Waals surface area (Å²) < 4.78 is 5.76. The van der Waals surface area contributed by atoms with E-state index in [1.165, 1.54) is 24.5 Å². The second kappa shape index (κ2) is 8.31. The van der Waals surface area contributed by atoms with Crippen molar-refractivity contribution in [3.63, 3.8) is 0 Å².